The molecule has 2 aromatic heterocycles. The normalized spacial score (nSPS) is 11.6. The van der Waals surface area contributed by atoms with Crippen LogP contribution in [0.3, 0.4) is 0 Å². The quantitative estimate of drug-likeness (QED) is 0.490. The van der Waals surface area contributed by atoms with Gasteiger partial charge in [-0.15, -0.1) is 0 Å². The first kappa shape index (κ1) is 9.92. The van der Waals surface area contributed by atoms with Gasteiger partial charge in [0, 0.05) is 16.3 Å². The van der Waals surface area contributed by atoms with Gasteiger partial charge in [0.25, 0.3) is 0 Å². The van der Waals surface area contributed by atoms with E-state index in [0.29, 0.717) is 0 Å². The molecule has 18 heavy (non-hydrogen) atoms. The SMILES string of the molecule is Clc1cccc2[nH]c3cc4ccccc4nc3c12. The number of nitrogens with one attached hydrogen (secondary N) is 1. The Labute approximate surface area is 108 Å². The van der Waals surface area contributed by atoms with Crippen molar-refractivity contribution in [1.82, 2.24) is 9.97 Å². The Hall–Kier alpha value is -2.06. The van der Waals surface area contributed by atoms with Crippen molar-refractivity contribution in [2.24, 2.45) is 0 Å². The molecule has 0 saturated carbocycles. The molecule has 0 fully saturated rings. The van der Waals surface area contributed by atoms with Gasteiger partial charge in [-0.3, -0.25) is 0 Å². The van der Waals surface area contributed by atoms with Crippen molar-refractivity contribution >= 4 is 44.4 Å². The van der Waals surface area contributed by atoms with Gasteiger partial charge in [0.1, 0.15) is 0 Å². The van der Waals surface area contributed by atoms with Gasteiger partial charge < -0.3 is 4.98 Å². The topological polar surface area (TPSA) is 28.7 Å². The van der Waals surface area contributed by atoms with E-state index < -0.39 is 0 Å². The fraction of sp³-hybridized carbons (Fsp3) is 0. The summed E-state index contributed by atoms with van der Waals surface area (Å²) in [4.78, 5) is 8.07. The first-order valence-corrected chi connectivity index (χ1v) is 6.16. The molecule has 2 heterocycles. The molecule has 0 spiro atoms. The van der Waals surface area contributed by atoms with E-state index in [9.17, 15) is 0 Å². The zero-order valence-electron chi connectivity index (χ0n) is 9.44. The highest BCUT2D eigenvalue weighted by Crippen LogP contribution is 2.31. The van der Waals surface area contributed by atoms with Gasteiger partial charge in [-0.25, -0.2) is 4.98 Å². The number of hydrogen-bond acceptors (Lipinski definition) is 1. The highest BCUT2D eigenvalue weighted by Gasteiger charge is 2.09. The van der Waals surface area contributed by atoms with Crippen LogP contribution in [0, 0.1) is 0 Å². The van der Waals surface area contributed by atoms with Crippen LogP contribution in [0.15, 0.2) is 48.5 Å². The Kier molecular flexibility index (Phi) is 1.91. The first-order valence-electron chi connectivity index (χ1n) is 5.78. The summed E-state index contributed by atoms with van der Waals surface area (Å²) in [6.45, 7) is 0. The third-order valence-corrected chi connectivity index (χ3v) is 3.56. The fourth-order valence-corrected chi connectivity index (χ4v) is 2.68. The van der Waals surface area contributed by atoms with Gasteiger partial charge in [0.2, 0.25) is 0 Å². The lowest BCUT2D eigenvalue weighted by molar-refractivity contribution is 1.49. The number of fused-ring (bicyclic) bond motifs is 4. The van der Waals surface area contributed by atoms with E-state index in [4.69, 9.17) is 16.6 Å². The number of halogens is 1. The number of hydrogen-bond donors (Lipinski definition) is 1. The summed E-state index contributed by atoms with van der Waals surface area (Å²) in [7, 11) is 0. The number of H-pyrrole nitrogens is 1. The van der Waals surface area contributed by atoms with Crippen molar-refractivity contribution in [3.8, 4) is 0 Å². The Bertz CT molecular complexity index is 893. The lowest BCUT2D eigenvalue weighted by Gasteiger charge is -1.97. The second-order valence-corrected chi connectivity index (χ2v) is 4.77. The highest BCUT2D eigenvalue weighted by molar-refractivity contribution is 6.37. The Balaban J connectivity index is 2.29. The molecule has 0 saturated heterocycles. The van der Waals surface area contributed by atoms with Gasteiger partial charge in [-0.05, 0) is 24.3 Å². The molecule has 0 aliphatic heterocycles. The highest BCUT2D eigenvalue weighted by atomic mass is 35.5. The summed E-state index contributed by atoms with van der Waals surface area (Å²) in [5.41, 5.74) is 3.98. The van der Waals surface area contributed by atoms with Crippen LogP contribution in [-0.2, 0) is 0 Å². The van der Waals surface area contributed by atoms with E-state index in [1.807, 2.05) is 36.4 Å². The van der Waals surface area contributed by atoms with E-state index in [1.165, 1.54) is 0 Å². The molecule has 1 N–H and O–H groups in total. The molecule has 4 aromatic rings. The third-order valence-electron chi connectivity index (χ3n) is 3.24. The lowest BCUT2D eigenvalue weighted by Crippen LogP contribution is -1.79. The predicted octanol–water partition coefficient (Wildman–Crippen LogP) is 4.52. The van der Waals surface area contributed by atoms with Gasteiger partial charge >= 0.3 is 0 Å². The van der Waals surface area contributed by atoms with Crippen LogP contribution in [0.25, 0.3) is 32.8 Å². The van der Waals surface area contributed by atoms with Gasteiger partial charge in [-0.1, -0.05) is 35.9 Å². The molecule has 0 amide bonds. The average Bonchev–Trinajstić information content (AvgIpc) is 2.74. The summed E-state index contributed by atoms with van der Waals surface area (Å²) in [6, 6.07) is 16.1. The largest absolute Gasteiger partial charge is 0.353 e. The molecule has 0 aliphatic rings. The molecule has 2 nitrogen and oxygen atoms in total. The van der Waals surface area contributed by atoms with Crippen molar-refractivity contribution < 1.29 is 0 Å². The van der Waals surface area contributed by atoms with Crippen LogP contribution in [0.1, 0.15) is 0 Å². The molecule has 86 valence electrons. The van der Waals surface area contributed by atoms with Gasteiger partial charge in [0.15, 0.2) is 0 Å². The maximum atomic E-state index is 6.27. The van der Waals surface area contributed by atoms with Crippen LogP contribution in [0.5, 0.6) is 0 Å². The Morgan fingerprint density at radius 1 is 0.944 bits per heavy atom. The lowest BCUT2D eigenvalue weighted by atomic mass is 10.2. The van der Waals surface area contributed by atoms with Crippen LogP contribution in [0.4, 0.5) is 0 Å². The minimum absolute atomic E-state index is 0.738. The zero-order chi connectivity index (χ0) is 12.1. The maximum absolute atomic E-state index is 6.27. The van der Waals surface area contributed by atoms with Crippen molar-refractivity contribution in [2.45, 2.75) is 0 Å². The standard InChI is InChI=1S/C15H9ClN2/c16-10-5-3-7-12-14(10)15-13(17-12)8-9-4-1-2-6-11(9)18-15/h1-8,17H. The Morgan fingerprint density at radius 3 is 2.78 bits per heavy atom. The first-order chi connectivity index (χ1) is 8.83. The molecule has 3 heteroatoms. The minimum atomic E-state index is 0.738. The molecule has 4 rings (SSSR count). The van der Waals surface area contributed by atoms with Crippen molar-refractivity contribution in [2.75, 3.05) is 0 Å². The van der Waals surface area contributed by atoms with E-state index in [2.05, 4.69) is 17.1 Å². The van der Waals surface area contributed by atoms with Crippen LogP contribution >= 0.6 is 11.6 Å². The average molecular weight is 253 g/mol. The van der Waals surface area contributed by atoms with E-state index in [-0.39, 0.29) is 0 Å². The van der Waals surface area contributed by atoms with Gasteiger partial charge in [0.05, 0.1) is 21.6 Å². The summed E-state index contributed by atoms with van der Waals surface area (Å²) in [5.74, 6) is 0. The molecule has 0 unspecified atom stereocenters. The minimum Gasteiger partial charge on any atom is -0.353 e. The van der Waals surface area contributed by atoms with Gasteiger partial charge in [-0.2, -0.15) is 0 Å². The number of aromatic amines is 1. The molecule has 0 aliphatic carbocycles. The number of benzene rings is 2. The summed E-state index contributed by atoms with van der Waals surface area (Å²) < 4.78 is 0. The molecule has 0 bridgehead atoms. The number of aromatic nitrogens is 2. The van der Waals surface area contributed by atoms with Crippen LogP contribution in [-0.4, -0.2) is 9.97 Å². The molecule has 0 radical (unpaired) electrons. The van der Waals surface area contributed by atoms with Crippen molar-refractivity contribution in [3.05, 3.63) is 53.6 Å². The monoisotopic (exact) mass is 252 g/mol. The van der Waals surface area contributed by atoms with E-state index in [1.54, 1.807) is 0 Å². The van der Waals surface area contributed by atoms with E-state index >= 15 is 0 Å². The number of para-hydroxylation sites is 1. The Morgan fingerprint density at radius 2 is 1.83 bits per heavy atom. The maximum Gasteiger partial charge on any atom is 0.0980 e. The van der Waals surface area contributed by atoms with Crippen LogP contribution < -0.4 is 0 Å². The second kappa shape index (κ2) is 3.47. The van der Waals surface area contributed by atoms with Crippen molar-refractivity contribution in [1.29, 1.82) is 0 Å². The van der Waals surface area contributed by atoms with Crippen molar-refractivity contribution in [3.63, 3.8) is 0 Å². The fourth-order valence-electron chi connectivity index (χ4n) is 2.42. The predicted molar refractivity (Wildman–Crippen MR) is 76.1 cm³/mol. The smallest absolute Gasteiger partial charge is 0.0980 e. The number of rotatable bonds is 0. The number of nitrogens with zero attached hydrogens (tertiary/aromatic N) is 1. The molecule has 2 aromatic carbocycles. The molecular weight excluding hydrogens is 244 g/mol. The van der Waals surface area contributed by atoms with Crippen LogP contribution in [0.2, 0.25) is 5.02 Å². The number of pyridine rings is 1. The second-order valence-electron chi connectivity index (χ2n) is 4.36. The third kappa shape index (κ3) is 1.27. The summed E-state index contributed by atoms with van der Waals surface area (Å²) in [6.07, 6.45) is 0. The summed E-state index contributed by atoms with van der Waals surface area (Å²) >= 11 is 6.27. The zero-order valence-corrected chi connectivity index (χ0v) is 10.2. The van der Waals surface area contributed by atoms with E-state index in [0.717, 1.165) is 37.9 Å². The summed E-state index contributed by atoms with van der Waals surface area (Å²) in [5, 5.41) is 2.87. The molecule has 0 atom stereocenters. The molecular formula is C15H9ClN2.